The zero-order valence-corrected chi connectivity index (χ0v) is 10.7. The van der Waals surface area contributed by atoms with E-state index >= 15 is 0 Å². The minimum absolute atomic E-state index is 0.340. The predicted octanol–water partition coefficient (Wildman–Crippen LogP) is 3.82. The first-order valence-corrected chi connectivity index (χ1v) is 6.85. The van der Waals surface area contributed by atoms with E-state index < -0.39 is 5.97 Å². The summed E-state index contributed by atoms with van der Waals surface area (Å²) in [4.78, 5) is 10.7. The quantitative estimate of drug-likeness (QED) is 0.886. The van der Waals surface area contributed by atoms with Crippen LogP contribution in [0.2, 0.25) is 0 Å². The summed E-state index contributed by atoms with van der Waals surface area (Å²) in [7, 11) is 0. The molecule has 0 aliphatic rings. The van der Waals surface area contributed by atoms with Gasteiger partial charge >= 0.3 is 5.97 Å². The van der Waals surface area contributed by atoms with Gasteiger partial charge in [0, 0.05) is 11.5 Å². The Labute approximate surface area is 111 Å². The Morgan fingerprint density at radius 2 is 1.44 bits per heavy atom. The van der Waals surface area contributed by atoms with Crippen molar-refractivity contribution in [2.24, 2.45) is 0 Å². The molecule has 0 saturated carbocycles. The van der Waals surface area contributed by atoms with E-state index in [-0.39, 0.29) is 0 Å². The van der Waals surface area contributed by atoms with E-state index in [1.54, 1.807) is 12.1 Å². The van der Waals surface area contributed by atoms with Crippen LogP contribution in [0, 0.1) is 0 Å². The van der Waals surface area contributed by atoms with Crippen LogP contribution in [0.25, 0.3) is 0 Å². The van der Waals surface area contributed by atoms with Gasteiger partial charge in [0.05, 0.1) is 5.56 Å². The molecule has 0 saturated heterocycles. The molecule has 2 aromatic rings. The maximum atomic E-state index is 10.7. The van der Waals surface area contributed by atoms with E-state index in [9.17, 15) is 4.79 Å². The molecule has 92 valence electrons. The van der Waals surface area contributed by atoms with Crippen LogP contribution < -0.4 is 0 Å². The lowest BCUT2D eigenvalue weighted by Crippen LogP contribution is -1.95. The van der Waals surface area contributed by atoms with Crippen molar-refractivity contribution < 1.29 is 9.90 Å². The fourth-order valence-corrected chi connectivity index (χ4v) is 2.56. The molecule has 0 unspecified atom stereocenters. The van der Waals surface area contributed by atoms with Crippen molar-refractivity contribution in [3.8, 4) is 0 Å². The van der Waals surface area contributed by atoms with Crippen molar-refractivity contribution in [1.82, 2.24) is 0 Å². The standard InChI is InChI=1S/C15H14O2S/c16-15(17)14-8-6-13(7-9-14)11-18-10-12-4-2-1-3-5-12/h1-9H,10-11H2,(H,16,17). The Morgan fingerprint density at radius 3 is 2.00 bits per heavy atom. The highest BCUT2D eigenvalue weighted by Crippen LogP contribution is 2.18. The second-order valence-corrected chi connectivity index (χ2v) is 4.97. The topological polar surface area (TPSA) is 37.3 Å². The molecule has 0 spiro atoms. The van der Waals surface area contributed by atoms with Gasteiger partial charge in [0.2, 0.25) is 0 Å². The van der Waals surface area contributed by atoms with Crippen LogP contribution >= 0.6 is 11.8 Å². The summed E-state index contributed by atoms with van der Waals surface area (Å²) in [5, 5.41) is 8.80. The summed E-state index contributed by atoms with van der Waals surface area (Å²) in [5.41, 5.74) is 2.80. The first-order valence-electron chi connectivity index (χ1n) is 5.69. The Balaban J connectivity index is 1.85. The third-order valence-electron chi connectivity index (χ3n) is 2.58. The number of carboxylic acid groups (broad SMARTS) is 1. The summed E-state index contributed by atoms with van der Waals surface area (Å²) < 4.78 is 0. The van der Waals surface area contributed by atoms with Crippen LogP contribution in [0.15, 0.2) is 54.6 Å². The molecule has 1 N–H and O–H groups in total. The third kappa shape index (κ3) is 3.64. The molecule has 2 nitrogen and oxygen atoms in total. The molecule has 0 bridgehead atoms. The first-order chi connectivity index (χ1) is 8.75. The van der Waals surface area contributed by atoms with Crippen molar-refractivity contribution in [2.75, 3.05) is 0 Å². The average Bonchev–Trinajstić information content (AvgIpc) is 2.40. The van der Waals surface area contributed by atoms with Gasteiger partial charge in [0.1, 0.15) is 0 Å². The number of carboxylic acids is 1. The van der Waals surface area contributed by atoms with E-state index in [1.807, 2.05) is 42.1 Å². The van der Waals surface area contributed by atoms with Gasteiger partial charge in [0.15, 0.2) is 0 Å². The number of hydrogen-bond acceptors (Lipinski definition) is 2. The lowest BCUT2D eigenvalue weighted by atomic mass is 10.1. The monoisotopic (exact) mass is 258 g/mol. The van der Waals surface area contributed by atoms with Gasteiger partial charge in [-0.05, 0) is 23.3 Å². The zero-order valence-electron chi connectivity index (χ0n) is 9.87. The summed E-state index contributed by atoms with van der Waals surface area (Å²) in [6, 6.07) is 17.4. The van der Waals surface area contributed by atoms with Crippen LogP contribution in [0.1, 0.15) is 21.5 Å². The number of hydrogen-bond donors (Lipinski definition) is 1. The van der Waals surface area contributed by atoms with Gasteiger partial charge in [-0.15, -0.1) is 0 Å². The van der Waals surface area contributed by atoms with Gasteiger partial charge in [-0.3, -0.25) is 0 Å². The molecule has 0 aromatic heterocycles. The van der Waals surface area contributed by atoms with Gasteiger partial charge in [-0.1, -0.05) is 42.5 Å². The lowest BCUT2D eigenvalue weighted by Gasteiger charge is -2.03. The van der Waals surface area contributed by atoms with E-state index in [2.05, 4.69) is 12.1 Å². The van der Waals surface area contributed by atoms with E-state index in [4.69, 9.17) is 5.11 Å². The molecular formula is C15H14O2S. The number of carbonyl (C=O) groups is 1. The normalized spacial score (nSPS) is 10.2. The molecule has 2 rings (SSSR count). The Kier molecular flexibility index (Phi) is 4.42. The van der Waals surface area contributed by atoms with E-state index in [0.29, 0.717) is 5.56 Å². The average molecular weight is 258 g/mol. The molecule has 0 aliphatic heterocycles. The largest absolute Gasteiger partial charge is 0.478 e. The zero-order chi connectivity index (χ0) is 12.8. The molecule has 2 aromatic carbocycles. The Bertz CT molecular complexity index is 506. The predicted molar refractivity (Wildman–Crippen MR) is 74.8 cm³/mol. The van der Waals surface area contributed by atoms with E-state index in [0.717, 1.165) is 17.1 Å². The Morgan fingerprint density at radius 1 is 0.889 bits per heavy atom. The van der Waals surface area contributed by atoms with Crippen LogP contribution in [-0.4, -0.2) is 11.1 Å². The van der Waals surface area contributed by atoms with Crippen LogP contribution in [0.3, 0.4) is 0 Å². The van der Waals surface area contributed by atoms with Crippen molar-refractivity contribution >= 4 is 17.7 Å². The van der Waals surface area contributed by atoms with Crippen LogP contribution in [-0.2, 0) is 11.5 Å². The molecule has 3 heteroatoms. The summed E-state index contributed by atoms with van der Waals surface area (Å²) in [6.45, 7) is 0. The smallest absolute Gasteiger partial charge is 0.335 e. The third-order valence-corrected chi connectivity index (χ3v) is 3.66. The van der Waals surface area contributed by atoms with Crippen molar-refractivity contribution in [3.63, 3.8) is 0 Å². The maximum absolute atomic E-state index is 10.7. The second-order valence-electron chi connectivity index (χ2n) is 3.98. The Hall–Kier alpha value is -1.74. The van der Waals surface area contributed by atoms with Crippen molar-refractivity contribution in [3.05, 3.63) is 71.3 Å². The van der Waals surface area contributed by atoms with Gasteiger partial charge in [-0.2, -0.15) is 11.8 Å². The second kappa shape index (κ2) is 6.26. The van der Waals surface area contributed by atoms with Crippen LogP contribution in [0.5, 0.6) is 0 Å². The van der Waals surface area contributed by atoms with Crippen molar-refractivity contribution in [1.29, 1.82) is 0 Å². The lowest BCUT2D eigenvalue weighted by molar-refractivity contribution is 0.0697. The van der Waals surface area contributed by atoms with Gasteiger partial charge in [-0.25, -0.2) is 4.79 Å². The number of benzene rings is 2. The molecular weight excluding hydrogens is 244 g/mol. The SMILES string of the molecule is O=C(O)c1ccc(CSCc2ccccc2)cc1. The molecule has 0 radical (unpaired) electrons. The van der Waals surface area contributed by atoms with Gasteiger partial charge in [0.25, 0.3) is 0 Å². The molecule has 18 heavy (non-hydrogen) atoms. The number of aromatic carboxylic acids is 1. The minimum Gasteiger partial charge on any atom is -0.478 e. The molecule has 0 amide bonds. The fraction of sp³-hybridized carbons (Fsp3) is 0.133. The summed E-state index contributed by atoms with van der Waals surface area (Å²) in [5.74, 6) is 0.995. The fourth-order valence-electron chi connectivity index (χ4n) is 1.60. The molecule has 0 fully saturated rings. The highest BCUT2D eigenvalue weighted by Gasteiger charge is 2.01. The first kappa shape index (κ1) is 12.7. The maximum Gasteiger partial charge on any atom is 0.335 e. The number of rotatable bonds is 5. The minimum atomic E-state index is -0.876. The van der Waals surface area contributed by atoms with E-state index in [1.165, 1.54) is 5.56 Å². The van der Waals surface area contributed by atoms with Gasteiger partial charge < -0.3 is 5.11 Å². The molecule has 0 aliphatic carbocycles. The molecule has 0 atom stereocenters. The highest BCUT2D eigenvalue weighted by atomic mass is 32.2. The summed E-state index contributed by atoms with van der Waals surface area (Å²) >= 11 is 1.83. The summed E-state index contributed by atoms with van der Waals surface area (Å²) in [6.07, 6.45) is 0. The van der Waals surface area contributed by atoms with Crippen LogP contribution in [0.4, 0.5) is 0 Å². The van der Waals surface area contributed by atoms with Crippen molar-refractivity contribution in [2.45, 2.75) is 11.5 Å². The molecule has 0 heterocycles. The highest BCUT2D eigenvalue weighted by molar-refractivity contribution is 7.97. The number of thioether (sulfide) groups is 1.